The van der Waals surface area contributed by atoms with Crippen molar-refractivity contribution in [2.45, 2.75) is 19.1 Å². The number of rotatable bonds is 7. The van der Waals surface area contributed by atoms with E-state index < -0.39 is 23.7 Å². The SMILES string of the molecule is C[C@@H](CO)Nc1nc(-c2cccc(NC(=O)Nc3ccc(C(F)(F)F)cc3)c2)c2c(N)c(C(N)=O)sc2n1.S. The molecular weight excluding hydrogens is 555 g/mol. The number of alkyl halides is 3. The van der Waals surface area contributed by atoms with Gasteiger partial charge >= 0.3 is 12.2 Å². The molecule has 15 heteroatoms. The number of primary amides is 1. The number of thiophene rings is 1. The first-order valence-corrected chi connectivity index (χ1v) is 11.9. The number of nitrogens with one attached hydrogen (secondary N) is 3. The summed E-state index contributed by atoms with van der Waals surface area (Å²) in [7, 11) is 0. The van der Waals surface area contributed by atoms with E-state index in [0.717, 1.165) is 35.6 Å². The Morgan fingerprint density at radius 3 is 2.36 bits per heavy atom. The van der Waals surface area contributed by atoms with E-state index in [1.165, 1.54) is 0 Å². The zero-order valence-corrected chi connectivity index (χ0v) is 22.1. The summed E-state index contributed by atoms with van der Waals surface area (Å²) >= 11 is 1.00. The van der Waals surface area contributed by atoms with E-state index in [4.69, 9.17) is 11.5 Å². The minimum atomic E-state index is -4.48. The molecule has 2 aromatic carbocycles. The number of hydrogen-bond donors (Lipinski definition) is 6. The molecule has 206 valence electrons. The third kappa shape index (κ3) is 6.68. The van der Waals surface area contributed by atoms with Gasteiger partial charge in [0, 0.05) is 23.0 Å². The first-order chi connectivity index (χ1) is 18.0. The van der Waals surface area contributed by atoms with Gasteiger partial charge in [-0.3, -0.25) is 4.79 Å². The fourth-order valence-corrected chi connectivity index (χ4v) is 4.47. The average Bonchev–Trinajstić information content (AvgIpc) is 3.20. The number of aromatic nitrogens is 2. The number of hydrogen-bond acceptors (Lipinski definition) is 8. The molecule has 4 rings (SSSR count). The number of carbonyl (C=O) groups excluding carboxylic acids is 2. The van der Waals surface area contributed by atoms with Crippen molar-refractivity contribution >= 4 is 70.0 Å². The fraction of sp³-hybridized carbons (Fsp3) is 0.167. The van der Waals surface area contributed by atoms with Gasteiger partial charge < -0.3 is 32.5 Å². The Kier molecular flexibility index (Phi) is 8.88. The molecule has 8 N–H and O–H groups in total. The van der Waals surface area contributed by atoms with Crippen LogP contribution in [0.2, 0.25) is 0 Å². The van der Waals surface area contributed by atoms with Gasteiger partial charge in [0.05, 0.1) is 28.9 Å². The third-order valence-corrected chi connectivity index (χ3v) is 6.44. The standard InChI is InChI=1S/C24H22F3N7O3S.H2S/c1-11(10-35)30-22-33-18(16-17(28)19(20(29)36)38-21(16)34-22)12-3-2-4-15(9-12)32-23(37)31-14-7-5-13(6-8-14)24(25,26)27;/h2-9,11,35H,10,28H2,1H3,(H2,29,36)(H,30,33,34)(H2,31,32,37);1H2/t11-;/m0./s1. The van der Waals surface area contributed by atoms with Crippen molar-refractivity contribution in [3.05, 3.63) is 59.0 Å². The Balaban J connectivity index is 0.00000420. The molecule has 0 aliphatic heterocycles. The molecule has 10 nitrogen and oxygen atoms in total. The highest BCUT2D eigenvalue weighted by Crippen LogP contribution is 2.39. The van der Waals surface area contributed by atoms with E-state index in [2.05, 4.69) is 25.9 Å². The van der Waals surface area contributed by atoms with E-state index >= 15 is 0 Å². The summed E-state index contributed by atoms with van der Waals surface area (Å²) in [6.07, 6.45) is -4.48. The van der Waals surface area contributed by atoms with Crippen molar-refractivity contribution in [1.82, 2.24) is 9.97 Å². The molecule has 1 atom stereocenters. The normalized spacial score (nSPS) is 11.9. The molecule has 2 aromatic heterocycles. The van der Waals surface area contributed by atoms with E-state index in [1.54, 1.807) is 31.2 Å². The molecule has 39 heavy (non-hydrogen) atoms. The second-order valence-electron chi connectivity index (χ2n) is 8.25. The van der Waals surface area contributed by atoms with Crippen molar-refractivity contribution in [1.29, 1.82) is 0 Å². The highest BCUT2D eigenvalue weighted by molar-refractivity contribution is 7.59. The van der Waals surface area contributed by atoms with Crippen molar-refractivity contribution in [3.8, 4) is 11.3 Å². The van der Waals surface area contributed by atoms with Gasteiger partial charge in [-0.15, -0.1) is 11.3 Å². The van der Waals surface area contributed by atoms with E-state index in [9.17, 15) is 27.9 Å². The van der Waals surface area contributed by atoms with E-state index in [1.807, 2.05) is 0 Å². The summed E-state index contributed by atoms with van der Waals surface area (Å²) in [4.78, 5) is 33.8. The maximum absolute atomic E-state index is 12.8. The Morgan fingerprint density at radius 2 is 1.74 bits per heavy atom. The minimum absolute atomic E-state index is 0. The highest BCUT2D eigenvalue weighted by atomic mass is 32.1. The lowest BCUT2D eigenvalue weighted by Gasteiger charge is -2.13. The molecule has 4 aromatic rings. The van der Waals surface area contributed by atoms with Gasteiger partial charge in [0.2, 0.25) is 5.95 Å². The van der Waals surface area contributed by atoms with Crippen LogP contribution in [0.15, 0.2) is 48.5 Å². The highest BCUT2D eigenvalue weighted by Gasteiger charge is 2.30. The summed E-state index contributed by atoms with van der Waals surface area (Å²) < 4.78 is 38.3. The average molecular weight is 580 g/mol. The Bertz CT molecular complexity index is 1510. The zero-order valence-electron chi connectivity index (χ0n) is 20.3. The quantitative estimate of drug-likeness (QED) is 0.186. The number of aliphatic hydroxyl groups is 1. The van der Waals surface area contributed by atoms with Crippen LogP contribution < -0.4 is 27.4 Å². The van der Waals surface area contributed by atoms with Crippen LogP contribution >= 0.6 is 24.8 Å². The molecule has 0 saturated carbocycles. The van der Waals surface area contributed by atoms with Gasteiger partial charge in [0.15, 0.2) is 0 Å². The maximum Gasteiger partial charge on any atom is 0.416 e. The van der Waals surface area contributed by atoms with Gasteiger partial charge in [0.25, 0.3) is 5.91 Å². The van der Waals surface area contributed by atoms with Gasteiger partial charge in [-0.25, -0.2) is 14.8 Å². The summed E-state index contributed by atoms with van der Waals surface area (Å²) in [5, 5.41) is 17.9. The molecule has 0 saturated heterocycles. The lowest BCUT2D eigenvalue weighted by molar-refractivity contribution is -0.137. The maximum atomic E-state index is 12.8. The van der Waals surface area contributed by atoms with Crippen LogP contribution in [0.1, 0.15) is 22.2 Å². The van der Waals surface area contributed by atoms with Gasteiger partial charge in [0.1, 0.15) is 9.71 Å². The second-order valence-corrected chi connectivity index (χ2v) is 9.25. The van der Waals surface area contributed by atoms with Crippen molar-refractivity contribution < 1.29 is 27.9 Å². The predicted octanol–water partition coefficient (Wildman–Crippen LogP) is 4.61. The zero-order chi connectivity index (χ0) is 27.6. The largest absolute Gasteiger partial charge is 0.416 e. The molecule has 0 fully saturated rings. The predicted molar refractivity (Wildman–Crippen MR) is 150 cm³/mol. The molecule has 0 radical (unpaired) electrons. The minimum Gasteiger partial charge on any atom is -0.397 e. The Hall–Kier alpha value is -4.08. The number of nitrogens with zero attached hydrogens (tertiary/aromatic N) is 2. The van der Waals surface area contributed by atoms with Crippen LogP contribution in [0.5, 0.6) is 0 Å². The van der Waals surface area contributed by atoms with Crippen molar-refractivity contribution in [3.63, 3.8) is 0 Å². The number of anilines is 4. The summed E-state index contributed by atoms with van der Waals surface area (Å²) in [5.41, 5.74) is 12.4. The number of nitrogens with two attached hydrogens (primary N) is 2. The first kappa shape index (κ1) is 29.5. The van der Waals surface area contributed by atoms with E-state index in [-0.39, 0.29) is 48.3 Å². The number of amides is 3. The van der Waals surface area contributed by atoms with Gasteiger partial charge in [-0.05, 0) is 43.3 Å². The van der Waals surface area contributed by atoms with Crippen LogP contribution in [-0.2, 0) is 6.18 Å². The lowest BCUT2D eigenvalue weighted by atomic mass is 10.1. The topological polar surface area (TPSA) is 168 Å². The van der Waals surface area contributed by atoms with Crippen molar-refractivity contribution in [2.75, 3.05) is 28.3 Å². The number of nitrogen functional groups attached to an aromatic ring is 1. The van der Waals surface area contributed by atoms with Crippen LogP contribution in [0.25, 0.3) is 21.5 Å². The summed E-state index contributed by atoms with van der Waals surface area (Å²) in [6, 6.07) is 9.55. The van der Waals surface area contributed by atoms with Crippen LogP contribution in [-0.4, -0.2) is 39.7 Å². The molecule has 0 aliphatic carbocycles. The van der Waals surface area contributed by atoms with Crippen LogP contribution in [0, 0.1) is 0 Å². The fourth-order valence-electron chi connectivity index (χ4n) is 3.52. The molecular formula is C24H24F3N7O3S2. The molecule has 0 unspecified atom stereocenters. The van der Waals surface area contributed by atoms with Crippen LogP contribution in [0.4, 0.5) is 41.0 Å². The summed E-state index contributed by atoms with van der Waals surface area (Å²) in [5.74, 6) is -0.533. The monoisotopic (exact) mass is 579 g/mol. The molecule has 0 spiro atoms. The van der Waals surface area contributed by atoms with Gasteiger partial charge in [-0.2, -0.15) is 26.7 Å². The molecule has 0 bridgehead atoms. The molecule has 0 aliphatic rings. The molecule has 2 heterocycles. The smallest absolute Gasteiger partial charge is 0.397 e. The Morgan fingerprint density at radius 1 is 1.08 bits per heavy atom. The number of fused-ring (bicyclic) bond motifs is 1. The lowest BCUT2D eigenvalue weighted by Crippen LogP contribution is -2.21. The number of urea groups is 1. The third-order valence-electron chi connectivity index (χ3n) is 5.33. The van der Waals surface area contributed by atoms with Gasteiger partial charge in [-0.1, -0.05) is 12.1 Å². The van der Waals surface area contributed by atoms with Crippen LogP contribution in [0.3, 0.4) is 0 Å². The molecule has 3 amide bonds. The number of halogens is 3. The second kappa shape index (κ2) is 11.8. The van der Waals surface area contributed by atoms with Crippen molar-refractivity contribution in [2.24, 2.45) is 5.73 Å². The number of aliphatic hydroxyl groups excluding tert-OH is 1. The number of carbonyl (C=O) groups is 2. The summed E-state index contributed by atoms with van der Waals surface area (Å²) in [6.45, 7) is 1.55. The number of benzene rings is 2. The Labute approximate surface area is 231 Å². The van der Waals surface area contributed by atoms with E-state index in [0.29, 0.717) is 27.2 Å². The first-order valence-electron chi connectivity index (χ1n) is 11.1.